The van der Waals surface area contributed by atoms with Gasteiger partial charge in [0.2, 0.25) is 0 Å². The summed E-state index contributed by atoms with van der Waals surface area (Å²) in [5.74, 6) is -3.17. The third-order valence-corrected chi connectivity index (χ3v) is 4.36. The predicted molar refractivity (Wildman–Crippen MR) is 112 cm³/mol. The second-order valence-electron chi connectivity index (χ2n) is 7.10. The van der Waals surface area contributed by atoms with Gasteiger partial charge >= 0.3 is 17.9 Å². The van der Waals surface area contributed by atoms with Crippen LogP contribution in [0.25, 0.3) is 0 Å². The van der Waals surface area contributed by atoms with E-state index in [2.05, 4.69) is 6.92 Å². The molecule has 0 bridgehead atoms. The van der Waals surface area contributed by atoms with E-state index in [-0.39, 0.29) is 0 Å². The van der Waals surface area contributed by atoms with Crippen LogP contribution in [0, 0.1) is 0 Å². The van der Waals surface area contributed by atoms with Crippen molar-refractivity contribution in [2.75, 3.05) is 0 Å². The Bertz CT molecular complexity index is 401. The van der Waals surface area contributed by atoms with Gasteiger partial charge in [-0.2, -0.15) is 0 Å². The fraction of sp³-hybridized carbons (Fsp3) is 0.773. The van der Waals surface area contributed by atoms with Crippen molar-refractivity contribution in [2.24, 2.45) is 0 Å². The van der Waals surface area contributed by atoms with Crippen LogP contribution >= 0.6 is 0 Å². The first-order valence-electron chi connectivity index (χ1n) is 10.8. The van der Waals surface area contributed by atoms with Crippen molar-refractivity contribution in [3.05, 3.63) is 12.2 Å². The molecule has 28 heavy (non-hydrogen) atoms. The van der Waals surface area contributed by atoms with Gasteiger partial charge in [0.25, 0.3) is 0 Å². The highest BCUT2D eigenvalue weighted by Crippen LogP contribution is 2.13. The van der Waals surface area contributed by atoms with Crippen molar-refractivity contribution in [1.82, 2.24) is 0 Å². The van der Waals surface area contributed by atoms with Gasteiger partial charge in [0, 0.05) is 18.6 Å². The minimum Gasteiger partial charge on any atom is -0.481 e. The van der Waals surface area contributed by atoms with E-state index in [4.69, 9.17) is 15.3 Å². The summed E-state index contributed by atoms with van der Waals surface area (Å²) >= 11 is 0. The maximum absolute atomic E-state index is 10.3. The molecular weight excluding hydrogens is 360 g/mol. The quantitative estimate of drug-likeness (QED) is 0.191. The van der Waals surface area contributed by atoms with Crippen LogP contribution in [0.15, 0.2) is 12.2 Å². The van der Waals surface area contributed by atoms with Crippen molar-refractivity contribution < 1.29 is 29.7 Å². The highest BCUT2D eigenvalue weighted by atomic mass is 16.4. The lowest BCUT2D eigenvalue weighted by Gasteiger charge is -2.03. The smallest absolute Gasteiger partial charge is 0.328 e. The Morgan fingerprint density at radius 3 is 1.07 bits per heavy atom. The van der Waals surface area contributed by atoms with Gasteiger partial charge in [-0.3, -0.25) is 4.79 Å². The van der Waals surface area contributed by atoms with Gasteiger partial charge < -0.3 is 15.3 Å². The molecule has 0 saturated heterocycles. The van der Waals surface area contributed by atoms with Gasteiger partial charge in [0.1, 0.15) is 0 Å². The number of carboxylic acids is 3. The Balaban J connectivity index is 0. The molecule has 0 aliphatic rings. The summed E-state index contributed by atoms with van der Waals surface area (Å²) in [6, 6.07) is 0. The van der Waals surface area contributed by atoms with Gasteiger partial charge in [0.05, 0.1) is 0 Å². The van der Waals surface area contributed by atoms with Gasteiger partial charge in [-0.25, -0.2) is 9.59 Å². The third-order valence-electron chi connectivity index (χ3n) is 4.36. The number of carboxylic acid groups (broad SMARTS) is 3. The Hall–Kier alpha value is -1.85. The van der Waals surface area contributed by atoms with E-state index >= 15 is 0 Å². The molecule has 164 valence electrons. The fourth-order valence-corrected chi connectivity index (χ4v) is 2.79. The summed E-state index contributed by atoms with van der Waals surface area (Å²) in [5.41, 5.74) is 0. The lowest BCUT2D eigenvalue weighted by atomic mass is 10.0. The zero-order chi connectivity index (χ0) is 21.5. The Morgan fingerprint density at radius 2 is 0.821 bits per heavy atom. The Kier molecular flexibility index (Phi) is 23.5. The van der Waals surface area contributed by atoms with Crippen molar-refractivity contribution >= 4 is 17.9 Å². The zero-order valence-electron chi connectivity index (χ0n) is 17.5. The Labute approximate surface area is 170 Å². The predicted octanol–water partition coefficient (Wildman–Crippen LogP) is 6.04. The van der Waals surface area contributed by atoms with E-state index in [1.807, 2.05) is 0 Å². The molecule has 0 rings (SSSR count). The molecule has 0 amide bonds. The SMILES string of the molecule is CCCCCCCCCCCCCCCCCC(=O)O.O=C(O)C=CC(=O)O. The number of aliphatic carboxylic acids is 3. The van der Waals surface area contributed by atoms with Crippen LogP contribution in [0.1, 0.15) is 110 Å². The fourth-order valence-electron chi connectivity index (χ4n) is 2.79. The summed E-state index contributed by atoms with van der Waals surface area (Å²) < 4.78 is 0. The first-order valence-corrected chi connectivity index (χ1v) is 10.8. The highest BCUT2D eigenvalue weighted by Gasteiger charge is 1.97. The molecule has 0 heterocycles. The molecule has 0 fully saturated rings. The average molecular weight is 401 g/mol. The van der Waals surface area contributed by atoms with E-state index in [1.54, 1.807) is 0 Å². The lowest BCUT2D eigenvalue weighted by Crippen LogP contribution is -1.93. The molecule has 0 aliphatic carbocycles. The minimum absolute atomic E-state index is 0.345. The molecule has 0 saturated carbocycles. The summed E-state index contributed by atoms with van der Waals surface area (Å²) in [5, 5.41) is 24.1. The van der Waals surface area contributed by atoms with E-state index < -0.39 is 17.9 Å². The topological polar surface area (TPSA) is 112 Å². The van der Waals surface area contributed by atoms with Crippen LogP contribution in [0.4, 0.5) is 0 Å². The van der Waals surface area contributed by atoms with Crippen molar-refractivity contribution in [2.45, 2.75) is 110 Å². The largest absolute Gasteiger partial charge is 0.481 e. The standard InChI is InChI=1S/C18H36O2.C4H4O4/c1-2-3-4-5-6-7-8-9-10-11-12-13-14-15-16-17-18(19)20;5-3(6)1-2-4(7)8/h2-17H2,1H3,(H,19,20);1-2H,(H,5,6)(H,7,8). The van der Waals surface area contributed by atoms with Crippen molar-refractivity contribution in [3.8, 4) is 0 Å². The molecule has 0 atom stereocenters. The van der Waals surface area contributed by atoms with Crippen LogP contribution in [0.2, 0.25) is 0 Å². The minimum atomic E-state index is -1.26. The van der Waals surface area contributed by atoms with Crippen LogP contribution in [-0.4, -0.2) is 33.2 Å². The average Bonchev–Trinajstić information content (AvgIpc) is 2.63. The van der Waals surface area contributed by atoms with E-state index in [9.17, 15) is 14.4 Å². The summed E-state index contributed by atoms with van der Waals surface area (Å²) in [6.07, 6.45) is 21.3. The van der Waals surface area contributed by atoms with Crippen LogP contribution in [-0.2, 0) is 14.4 Å². The molecule has 0 aromatic carbocycles. The number of unbranched alkanes of at least 4 members (excludes halogenated alkanes) is 14. The molecule has 0 aromatic rings. The second kappa shape index (κ2) is 23.2. The molecule has 0 spiro atoms. The number of hydrogen-bond acceptors (Lipinski definition) is 3. The first kappa shape index (κ1) is 28.4. The second-order valence-corrected chi connectivity index (χ2v) is 7.10. The van der Waals surface area contributed by atoms with Crippen molar-refractivity contribution in [1.29, 1.82) is 0 Å². The van der Waals surface area contributed by atoms with Crippen LogP contribution in [0.3, 0.4) is 0 Å². The summed E-state index contributed by atoms with van der Waals surface area (Å²) in [6.45, 7) is 2.27. The molecule has 0 aliphatic heterocycles. The molecule has 3 N–H and O–H groups in total. The zero-order valence-corrected chi connectivity index (χ0v) is 17.5. The van der Waals surface area contributed by atoms with Gasteiger partial charge in [-0.1, -0.05) is 96.8 Å². The monoisotopic (exact) mass is 400 g/mol. The van der Waals surface area contributed by atoms with E-state index in [1.165, 1.54) is 83.5 Å². The third kappa shape index (κ3) is 31.9. The molecule has 6 nitrogen and oxygen atoms in total. The van der Waals surface area contributed by atoms with Crippen molar-refractivity contribution in [3.63, 3.8) is 0 Å². The van der Waals surface area contributed by atoms with Gasteiger partial charge in [-0.15, -0.1) is 0 Å². The maximum Gasteiger partial charge on any atom is 0.328 e. The summed E-state index contributed by atoms with van der Waals surface area (Å²) in [7, 11) is 0. The van der Waals surface area contributed by atoms with Crippen LogP contribution in [0.5, 0.6) is 0 Å². The summed E-state index contributed by atoms with van der Waals surface area (Å²) in [4.78, 5) is 29.4. The highest BCUT2D eigenvalue weighted by molar-refractivity contribution is 5.89. The van der Waals surface area contributed by atoms with Gasteiger partial charge in [0.15, 0.2) is 0 Å². The van der Waals surface area contributed by atoms with E-state index in [0.717, 1.165) is 12.8 Å². The molecule has 6 heteroatoms. The number of rotatable bonds is 18. The van der Waals surface area contributed by atoms with E-state index in [0.29, 0.717) is 18.6 Å². The van der Waals surface area contributed by atoms with Gasteiger partial charge in [-0.05, 0) is 6.42 Å². The molecular formula is C22H40O6. The normalized spacial score (nSPS) is 10.5. The maximum atomic E-state index is 10.3. The molecule has 0 radical (unpaired) electrons. The number of hydrogen-bond donors (Lipinski definition) is 3. The first-order chi connectivity index (χ1) is 13.4. The Morgan fingerprint density at radius 1 is 0.536 bits per heavy atom. The molecule has 0 unspecified atom stereocenters. The lowest BCUT2D eigenvalue weighted by molar-refractivity contribution is -0.137. The number of carbonyl (C=O) groups is 3. The van der Waals surface area contributed by atoms with Crippen LogP contribution < -0.4 is 0 Å². The molecule has 0 aromatic heterocycles.